The lowest BCUT2D eigenvalue weighted by Crippen LogP contribution is -2.38. The van der Waals surface area contributed by atoms with E-state index in [4.69, 9.17) is 9.84 Å². The average Bonchev–Trinajstić information content (AvgIpc) is 3.18. The number of carboxylic acids is 1. The van der Waals surface area contributed by atoms with Gasteiger partial charge in [-0.3, -0.25) is 14.4 Å². The molecular formula is C23H34N4O3. The third-order valence-electron chi connectivity index (χ3n) is 5.79. The number of aryl methyl sites for hydroxylation is 1. The Bertz CT molecular complexity index is 813. The fraction of sp³-hybridized carbons (Fsp3) is 0.565. The molecule has 0 unspecified atom stereocenters. The maximum Gasteiger partial charge on any atom is 0.306 e. The highest BCUT2D eigenvalue weighted by molar-refractivity contribution is 5.72. The second kappa shape index (κ2) is 11.0. The predicted octanol–water partition coefficient (Wildman–Crippen LogP) is 3.86. The molecule has 1 saturated heterocycles. The number of nitrogens with zero attached hydrogens (tertiary/aromatic N) is 3. The largest absolute Gasteiger partial charge is 0.492 e. The van der Waals surface area contributed by atoms with Gasteiger partial charge in [0.1, 0.15) is 12.4 Å². The lowest BCUT2D eigenvalue weighted by molar-refractivity contribution is -0.143. The van der Waals surface area contributed by atoms with E-state index >= 15 is 0 Å². The Morgan fingerprint density at radius 3 is 2.73 bits per heavy atom. The Morgan fingerprint density at radius 2 is 2.07 bits per heavy atom. The van der Waals surface area contributed by atoms with Crippen molar-refractivity contribution in [3.8, 4) is 17.0 Å². The van der Waals surface area contributed by atoms with E-state index in [1.165, 1.54) is 12.8 Å². The number of benzene rings is 1. The van der Waals surface area contributed by atoms with E-state index in [1.54, 1.807) is 6.20 Å². The molecule has 0 aliphatic carbocycles. The number of carbonyl (C=O) groups is 1. The SMILES string of the molecule is CCCCCNc1ccc(OCCN2CCC(C(=O)O)CC2)c(-c2ccnn2C)c1. The molecule has 1 aromatic heterocycles. The van der Waals surface area contributed by atoms with Gasteiger partial charge in [0.2, 0.25) is 0 Å². The lowest BCUT2D eigenvalue weighted by Gasteiger charge is -2.29. The van der Waals surface area contributed by atoms with Gasteiger partial charge in [-0.25, -0.2) is 0 Å². The summed E-state index contributed by atoms with van der Waals surface area (Å²) in [4.78, 5) is 13.4. The number of aliphatic carboxylic acids is 1. The number of aromatic nitrogens is 2. The Kier molecular flexibility index (Phi) is 8.13. The molecule has 2 aromatic rings. The van der Waals surface area contributed by atoms with Crippen LogP contribution >= 0.6 is 0 Å². The molecule has 1 aliphatic heterocycles. The molecule has 0 spiro atoms. The van der Waals surface area contributed by atoms with Gasteiger partial charge in [-0.2, -0.15) is 5.10 Å². The molecule has 164 valence electrons. The highest BCUT2D eigenvalue weighted by atomic mass is 16.5. The Morgan fingerprint density at radius 1 is 1.27 bits per heavy atom. The van der Waals surface area contributed by atoms with Crippen LogP contribution in [0.1, 0.15) is 39.0 Å². The zero-order valence-electron chi connectivity index (χ0n) is 18.1. The lowest BCUT2D eigenvalue weighted by atomic mass is 9.97. The van der Waals surface area contributed by atoms with E-state index < -0.39 is 5.97 Å². The molecule has 0 amide bonds. The number of ether oxygens (including phenoxy) is 1. The van der Waals surface area contributed by atoms with Crippen molar-refractivity contribution in [1.82, 2.24) is 14.7 Å². The monoisotopic (exact) mass is 414 g/mol. The predicted molar refractivity (Wildman–Crippen MR) is 119 cm³/mol. The summed E-state index contributed by atoms with van der Waals surface area (Å²) in [5, 5.41) is 17.0. The van der Waals surface area contributed by atoms with Gasteiger partial charge >= 0.3 is 5.97 Å². The molecule has 1 aromatic carbocycles. The maximum atomic E-state index is 11.1. The van der Waals surface area contributed by atoms with Gasteiger partial charge in [0.15, 0.2) is 0 Å². The number of unbranched alkanes of at least 4 members (excludes halogenated alkanes) is 2. The molecule has 1 fully saturated rings. The molecule has 7 nitrogen and oxygen atoms in total. The fourth-order valence-electron chi connectivity index (χ4n) is 3.90. The van der Waals surface area contributed by atoms with E-state index in [1.807, 2.05) is 23.9 Å². The zero-order valence-corrected chi connectivity index (χ0v) is 18.1. The van der Waals surface area contributed by atoms with Crippen LogP contribution in [0.15, 0.2) is 30.5 Å². The van der Waals surface area contributed by atoms with Crippen molar-refractivity contribution >= 4 is 11.7 Å². The highest BCUT2D eigenvalue weighted by Crippen LogP contribution is 2.32. The molecule has 0 radical (unpaired) electrons. The normalized spacial score (nSPS) is 15.3. The van der Waals surface area contributed by atoms with E-state index in [2.05, 4.69) is 34.4 Å². The third-order valence-corrected chi connectivity index (χ3v) is 5.79. The number of likely N-dealkylation sites (tertiary alicyclic amines) is 1. The van der Waals surface area contributed by atoms with Crippen LogP contribution in [0.4, 0.5) is 5.69 Å². The zero-order chi connectivity index (χ0) is 21.3. The summed E-state index contributed by atoms with van der Waals surface area (Å²) >= 11 is 0. The summed E-state index contributed by atoms with van der Waals surface area (Å²) in [5.74, 6) is -0.0239. The van der Waals surface area contributed by atoms with Crippen LogP contribution in [0.5, 0.6) is 5.75 Å². The summed E-state index contributed by atoms with van der Waals surface area (Å²) < 4.78 is 8.02. The van der Waals surface area contributed by atoms with Crippen LogP contribution < -0.4 is 10.1 Å². The minimum atomic E-state index is -0.671. The molecule has 1 aliphatic rings. The standard InChI is InChI=1S/C23H34N4O3/c1-3-4-5-11-24-19-6-7-22(20(17-19)21-8-12-25-26(21)2)30-16-15-27-13-9-18(10-14-27)23(28)29/h6-8,12,17-18,24H,3-5,9-11,13-16H2,1-2H3,(H,28,29). The number of hydrogen-bond donors (Lipinski definition) is 2. The fourth-order valence-corrected chi connectivity index (χ4v) is 3.90. The van der Waals surface area contributed by atoms with Gasteiger partial charge in [-0.15, -0.1) is 0 Å². The first kappa shape index (κ1) is 22.2. The number of rotatable bonds is 11. The first-order chi connectivity index (χ1) is 14.6. The highest BCUT2D eigenvalue weighted by Gasteiger charge is 2.24. The van der Waals surface area contributed by atoms with Gasteiger partial charge in [0, 0.05) is 37.6 Å². The number of carboxylic acid groups (broad SMARTS) is 1. The van der Waals surface area contributed by atoms with Crippen LogP contribution in [0.2, 0.25) is 0 Å². The van der Waals surface area contributed by atoms with Crippen molar-refractivity contribution in [1.29, 1.82) is 0 Å². The van der Waals surface area contributed by atoms with E-state index in [9.17, 15) is 4.79 Å². The van der Waals surface area contributed by atoms with Gasteiger partial charge < -0.3 is 15.2 Å². The summed E-state index contributed by atoms with van der Waals surface area (Å²) in [6.07, 6.45) is 6.83. The van der Waals surface area contributed by atoms with E-state index in [-0.39, 0.29) is 5.92 Å². The van der Waals surface area contributed by atoms with Crippen molar-refractivity contribution in [3.63, 3.8) is 0 Å². The molecule has 0 atom stereocenters. The van der Waals surface area contributed by atoms with Crippen LogP contribution in [0.25, 0.3) is 11.3 Å². The smallest absolute Gasteiger partial charge is 0.306 e. The molecule has 2 N–H and O–H groups in total. The van der Waals surface area contributed by atoms with Gasteiger partial charge in [-0.1, -0.05) is 19.8 Å². The molecule has 0 bridgehead atoms. The van der Waals surface area contributed by atoms with Crippen molar-refractivity contribution in [2.24, 2.45) is 13.0 Å². The summed E-state index contributed by atoms with van der Waals surface area (Å²) in [6, 6.07) is 8.23. The van der Waals surface area contributed by atoms with Crippen molar-refractivity contribution < 1.29 is 14.6 Å². The molecule has 30 heavy (non-hydrogen) atoms. The van der Waals surface area contributed by atoms with Gasteiger partial charge in [-0.05, 0) is 56.6 Å². The molecular weight excluding hydrogens is 380 g/mol. The first-order valence-corrected chi connectivity index (χ1v) is 11.0. The summed E-state index contributed by atoms with van der Waals surface area (Å²) in [5.41, 5.74) is 3.13. The second-order valence-electron chi connectivity index (χ2n) is 7.99. The Hall–Kier alpha value is -2.54. The molecule has 0 saturated carbocycles. The molecule has 2 heterocycles. The Labute approximate surface area is 179 Å². The van der Waals surface area contributed by atoms with Gasteiger partial charge in [0.25, 0.3) is 0 Å². The van der Waals surface area contributed by atoms with Crippen LogP contribution in [0.3, 0.4) is 0 Å². The average molecular weight is 415 g/mol. The third kappa shape index (κ3) is 5.98. The number of hydrogen-bond acceptors (Lipinski definition) is 5. The van der Waals surface area contributed by atoms with Crippen molar-refractivity contribution in [2.75, 3.05) is 38.1 Å². The molecule has 7 heteroatoms. The summed E-state index contributed by atoms with van der Waals surface area (Å²) in [7, 11) is 1.94. The van der Waals surface area contributed by atoms with Crippen LogP contribution in [0, 0.1) is 5.92 Å². The quantitative estimate of drug-likeness (QED) is 0.544. The number of anilines is 1. The van der Waals surface area contributed by atoms with Crippen molar-refractivity contribution in [2.45, 2.75) is 39.0 Å². The maximum absolute atomic E-state index is 11.1. The van der Waals surface area contributed by atoms with E-state index in [0.29, 0.717) is 19.4 Å². The van der Waals surface area contributed by atoms with Crippen molar-refractivity contribution in [3.05, 3.63) is 30.5 Å². The number of piperidine rings is 1. The topological polar surface area (TPSA) is 79.6 Å². The Balaban J connectivity index is 1.60. The molecule has 3 rings (SSSR count). The van der Waals surface area contributed by atoms with Crippen LogP contribution in [-0.4, -0.2) is 58.5 Å². The summed E-state index contributed by atoms with van der Waals surface area (Å²) in [6.45, 7) is 6.18. The van der Waals surface area contributed by atoms with Crippen LogP contribution in [-0.2, 0) is 11.8 Å². The first-order valence-electron chi connectivity index (χ1n) is 11.0. The minimum absolute atomic E-state index is 0.198. The van der Waals surface area contributed by atoms with E-state index in [0.717, 1.165) is 55.3 Å². The van der Waals surface area contributed by atoms with Gasteiger partial charge in [0.05, 0.1) is 11.6 Å². The number of nitrogens with one attached hydrogen (secondary N) is 1. The second-order valence-corrected chi connectivity index (χ2v) is 7.99. The minimum Gasteiger partial charge on any atom is -0.492 e.